The molecule has 2 heterocycles. The molecule has 1 saturated heterocycles. The molecule has 2 aromatic carbocycles. The number of aromatic nitrogens is 2. The summed E-state index contributed by atoms with van der Waals surface area (Å²) in [7, 11) is 0. The molecule has 38 heavy (non-hydrogen) atoms. The van der Waals surface area contributed by atoms with Gasteiger partial charge >= 0.3 is 12.2 Å². The minimum absolute atomic E-state index is 0.0700. The quantitative estimate of drug-likeness (QED) is 0.237. The fourth-order valence-electron chi connectivity index (χ4n) is 4.14. The van der Waals surface area contributed by atoms with Crippen molar-refractivity contribution in [3.8, 4) is 5.75 Å². The second-order valence-electron chi connectivity index (χ2n) is 8.80. The number of nitrogens with zero attached hydrogens (tertiary/aromatic N) is 4. The zero-order chi connectivity index (χ0) is 27.4. The first-order valence-corrected chi connectivity index (χ1v) is 11.8. The normalized spacial score (nSPS) is 14.9. The number of hydrogen-bond acceptors (Lipinski definition) is 5. The Labute approximate surface area is 215 Å². The standard InChI is InChI=1S/C26H24F5N5O2/c1-15(35-38-19-6-3-5-18(13-19)26(29,30)31)20-14-32-16(2)33-23(20)17-9-11-36(12-10-17)25(37)34-24-21(27)7-4-8-22(24)28/h3-8,13-14,17H,9-12H2,1-2H3,(H,34,37). The van der Waals surface area contributed by atoms with E-state index in [1.807, 2.05) is 0 Å². The van der Waals surface area contributed by atoms with E-state index >= 15 is 0 Å². The topological polar surface area (TPSA) is 79.7 Å². The number of amides is 2. The van der Waals surface area contributed by atoms with E-state index in [0.29, 0.717) is 48.7 Å². The fraction of sp³-hybridized carbons (Fsp3) is 0.308. The maximum atomic E-state index is 13.9. The first-order chi connectivity index (χ1) is 18.0. The van der Waals surface area contributed by atoms with Crippen molar-refractivity contribution in [2.24, 2.45) is 5.16 Å². The number of halogens is 5. The number of likely N-dealkylation sites (tertiary alicyclic amines) is 1. The third-order valence-corrected chi connectivity index (χ3v) is 6.14. The molecule has 0 bridgehead atoms. The van der Waals surface area contributed by atoms with Crippen molar-refractivity contribution in [3.63, 3.8) is 0 Å². The van der Waals surface area contributed by atoms with E-state index < -0.39 is 35.1 Å². The number of carbonyl (C=O) groups excluding carboxylic acids is 1. The lowest BCUT2D eigenvalue weighted by molar-refractivity contribution is -0.137. The van der Waals surface area contributed by atoms with Gasteiger partial charge in [0.15, 0.2) is 5.75 Å². The summed E-state index contributed by atoms with van der Waals surface area (Å²) in [5, 5.41) is 6.30. The number of rotatable bonds is 5. The van der Waals surface area contributed by atoms with Crippen LogP contribution in [-0.4, -0.2) is 39.7 Å². The molecule has 200 valence electrons. The second-order valence-corrected chi connectivity index (χ2v) is 8.80. The molecule has 12 heteroatoms. The van der Waals surface area contributed by atoms with Gasteiger partial charge in [-0.2, -0.15) is 13.2 Å². The summed E-state index contributed by atoms with van der Waals surface area (Å²) in [5.74, 6) is -1.36. The number of carbonyl (C=O) groups is 1. The maximum Gasteiger partial charge on any atom is 0.416 e. The summed E-state index contributed by atoms with van der Waals surface area (Å²) in [4.78, 5) is 28.1. The average molecular weight is 534 g/mol. The summed E-state index contributed by atoms with van der Waals surface area (Å²) in [5.41, 5.74) is 0.259. The summed E-state index contributed by atoms with van der Waals surface area (Å²) >= 11 is 0. The van der Waals surface area contributed by atoms with Crippen molar-refractivity contribution in [2.45, 2.75) is 38.8 Å². The number of para-hydroxylation sites is 1. The van der Waals surface area contributed by atoms with Gasteiger partial charge in [0.25, 0.3) is 0 Å². The third-order valence-electron chi connectivity index (χ3n) is 6.14. The van der Waals surface area contributed by atoms with Crippen molar-refractivity contribution < 1.29 is 31.6 Å². The van der Waals surface area contributed by atoms with Gasteiger partial charge in [-0.15, -0.1) is 0 Å². The van der Waals surface area contributed by atoms with E-state index in [1.165, 1.54) is 23.1 Å². The van der Waals surface area contributed by atoms with E-state index in [9.17, 15) is 26.7 Å². The van der Waals surface area contributed by atoms with Crippen LogP contribution in [0.1, 0.15) is 48.3 Å². The predicted octanol–water partition coefficient (Wildman–Crippen LogP) is 6.30. The number of urea groups is 1. The number of hydrogen-bond donors (Lipinski definition) is 1. The van der Waals surface area contributed by atoms with E-state index in [1.54, 1.807) is 20.0 Å². The molecular formula is C26H24F5N5O2. The van der Waals surface area contributed by atoms with Gasteiger partial charge in [-0.3, -0.25) is 0 Å². The van der Waals surface area contributed by atoms with Crippen molar-refractivity contribution in [3.05, 3.63) is 82.9 Å². The smallest absolute Gasteiger partial charge is 0.357 e. The highest BCUT2D eigenvalue weighted by atomic mass is 19.4. The number of benzene rings is 2. The minimum Gasteiger partial charge on any atom is -0.357 e. The van der Waals surface area contributed by atoms with E-state index in [0.717, 1.165) is 24.3 Å². The molecule has 0 aliphatic carbocycles. The van der Waals surface area contributed by atoms with Crippen LogP contribution in [0.2, 0.25) is 0 Å². The molecule has 2 amide bonds. The Kier molecular flexibility index (Phi) is 7.88. The number of oxime groups is 1. The lowest BCUT2D eigenvalue weighted by Crippen LogP contribution is -2.41. The summed E-state index contributed by atoms with van der Waals surface area (Å²) < 4.78 is 66.7. The van der Waals surface area contributed by atoms with Crippen LogP contribution in [0.25, 0.3) is 0 Å². The summed E-state index contributed by atoms with van der Waals surface area (Å²) in [6.07, 6.45) is -1.91. The Hall–Kier alpha value is -4.09. The van der Waals surface area contributed by atoms with Gasteiger partial charge in [0.05, 0.1) is 17.0 Å². The third kappa shape index (κ3) is 6.24. The van der Waals surface area contributed by atoms with Crippen molar-refractivity contribution >= 4 is 17.4 Å². The number of alkyl halides is 3. The zero-order valence-corrected chi connectivity index (χ0v) is 20.5. The van der Waals surface area contributed by atoms with E-state index in [-0.39, 0.29) is 11.7 Å². The maximum absolute atomic E-state index is 13.9. The highest BCUT2D eigenvalue weighted by Crippen LogP contribution is 2.32. The van der Waals surface area contributed by atoms with Crippen LogP contribution < -0.4 is 10.2 Å². The second kappa shape index (κ2) is 11.1. The van der Waals surface area contributed by atoms with Gasteiger partial charge in [0.1, 0.15) is 23.1 Å². The SMILES string of the molecule is CC(=NOc1cccc(C(F)(F)F)c1)c1cnc(C)nc1C1CCN(C(=O)Nc2c(F)cccc2F)CC1. The Balaban J connectivity index is 1.46. The molecule has 0 atom stereocenters. The lowest BCUT2D eigenvalue weighted by Gasteiger charge is -2.32. The molecular weight excluding hydrogens is 509 g/mol. The van der Waals surface area contributed by atoms with Crippen molar-refractivity contribution in [1.29, 1.82) is 0 Å². The highest BCUT2D eigenvalue weighted by molar-refractivity contribution is 5.99. The van der Waals surface area contributed by atoms with Crippen LogP contribution in [0.3, 0.4) is 0 Å². The van der Waals surface area contributed by atoms with Gasteiger partial charge in [-0.25, -0.2) is 23.5 Å². The van der Waals surface area contributed by atoms with Gasteiger partial charge in [0, 0.05) is 30.8 Å². The Bertz CT molecular complexity index is 1330. The number of piperidine rings is 1. The van der Waals surface area contributed by atoms with Gasteiger partial charge < -0.3 is 15.1 Å². The van der Waals surface area contributed by atoms with Gasteiger partial charge in [-0.05, 0) is 57.0 Å². The van der Waals surface area contributed by atoms with Crippen molar-refractivity contribution in [1.82, 2.24) is 14.9 Å². The highest BCUT2D eigenvalue weighted by Gasteiger charge is 2.31. The van der Waals surface area contributed by atoms with Crippen LogP contribution in [0.4, 0.5) is 32.4 Å². The van der Waals surface area contributed by atoms with Crippen LogP contribution in [0.5, 0.6) is 5.75 Å². The van der Waals surface area contributed by atoms with Crippen LogP contribution in [0, 0.1) is 18.6 Å². The first kappa shape index (κ1) is 27.0. The number of nitrogens with one attached hydrogen (secondary N) is 1. The molecule has 7 nitrogen and oxygen atoms in total. The van der Waals surface area contributed by atoms with E-state index in [4.69, 9.17) is 4.84 Å². The minimum atomic E-state index is -4.51. The largest absolute Gasteiger partial charge is 0.416 e. The molecule has 1 aliphatic rings. The average Bonchev–Trinajstić information content (AvgIpc) is 2.89. The van der Waals surface area contributed by atoms with Gasteiger partial charge in [-0.1, -0.05) is 17.3 Å². The molecule has 1 fully saturated rings. The monoisotopic (exact) mass is 533 g/mol. The zero-order valence-electron chi connectivity index (χ0n) is 20.5. The molecule has 0 unspecified atom stereocenters. The fourth-order valence-corrected chi connectivity index (χ4v) is 4.14. The number of aryl methyl sites for hydroxylation is 1. The molecule has 4 rings (SSSR count). The molecule has 0 radical (unpaired) electrons. The van der Waals surface area contributed by atoms with Gasteiger partial charge in [0.2, 0.25) is 0 Å². The van der Waals surface area contributed by atoms with Crippen LogP contribution >= 0.6 is 0 Å². The van der Waals surface area contributed by atoms with Crippen LogP contribution in [0.15, 0.2) is 53.8 Å². The summed E-state index contributed by atoms with van der Waals surface area (Å²) in [6, 6.07) is 7.11. The Morgan fingerprint density at radius 1 is 1.11 bits per heavy atom. The molecule has 3 aromatic rings. The van der Waals surface area contributed by atoms with Crippen LogP contribution in [-0.2, 0) is 6.18 Å². The lowest BCUT2D eigenvalue weighted by atomic mass is 9.90. The predicted molar refractivity (Wildman–Crippen MR) is 130 cm³/mol. The molecule has 1 aliphatic heterocycles. The first-order valence-electron chi connectivity index (χ1n) is 11.8. The molecule has 1 N–H and O–H groups in total. The molecule has 0 spiro atoms. The Morgan fingerprint density at radius 2 is 1.76 bits per heavy atom. The Morgan fingerprint density at radius 3 is 2.42 bits per heavy atom. The molecule has 0 saturated carbocycles. The summed E-state index contributed by atoms with van der Waals surface area (Å²) in [6.45, 7) is 3.99. The molecule has 1 aromatic heterocycles. The van der Waals surface area contributed by atoms with Crippen molar-refractivity contribution in [2.75, 3.05) is 18.4 Å². The van der Waals surface area contributed by atoms with E-state index in [2.05, 4.69) is 20.4 Å². The number of anilines is 1.